The molecule has 10 heteroatoms. The first-order valence-electron chi connectivity index (χ1n) is 15.7. The van der Waals surface area contributed by atoms with Gasteiger partial charge in [-0.15, -0.1) is 6.42 Å². The van der Waals surface area contributed by atoms with Crippen molar-refractivity contribution in [1.29, 1.82) is 0 Å². The number of benzene rings is 2. The summed E-state index contributed by atoms with van der Waals surface area (Å²) in [6, 6.07) is 5.53. The number of rotatable bonds is 8. The van der Waals surface area contributed by atoms with E-state index in [4.69, 9.17) is 20.9 Å². The van der Waals surface area contributed by atoms with E-state index in [1.807, 2.05) is 29.2 Å². The molecule has 4 heterocycles. The molecule has 0 radical (unpaired) electrons. The highest BCUT2D eigenvalue weighted by Crippen LogP contribution is 2.51. The van der Waals surface area contributed by atoms with Gasteiger partial charge in [-0.2, -0.15) is 9.97 Å². The van der Waals surface area contributed by atoms with Crippen LogP contribution in [0.2, 0.25) is 0 Å². The van der Waals surface area contributed by atoms with Gasteiger partial charge in [0.1, 0.15) is 34.0 Å². The number of phenols is 1. The number of allylic oxidation sites excluding steroid dienone is 2. The lowest BCUT2D eigenvalue weighted by Gasteiger charge is -2.25. The van der Waals surface area contributed by atoms with Crippen LogP contribution in [0.4, 0.5) is 14.6 Å². The van der Waals surface area contributed by atoms with Crippen LogP contribution in [0.5, 0.6) is 17.6 Å². The van der Waals surface area contributed by atoms with Gasteiger partial charge in [-0.3, -0.25) is 0 Å². The van der Waals surface area contributed by atoms with Crippen molar-refractivity contribution < 1.29 is 23.4 Å². The highest BCUT2D eigenvalue weighted by molar-refractivity contribution is 6.04. The fourth-order valence-electron chi connectivity index (χ4n) is 7.10. The first kappa shape index (κ1) is 28.7. The van der Waals surface area contributed by atoms with Gasteiger partial charge in [0.05, 0.1) is 19.3 Å². The molecule has 2 aromatic heterocycles. The molecular formula is C36H33F2N5O3. The van der Waals surface area contributed by atoms with E-state index in [0.29, 0.717) is 30.9 Å². The molecule has 1 N–H and O–H groups in total. The van der Waals surface area contributed by atoms with E-state index < -0.39 is 11.6 Å². The number of nitrogens with zero attached hydrogens (tertiary/aromatic N) is 5. The summed E-state index contributed by atoms with van der Waals surface area (Å²) in [7, 11) is 1.44. The zero-order valence-electron chi connectivity index (χ0n) is 25.5. The third kappa shape index (κ3) is 4.99. The summed E-state index contributed by atoms with van der Waals surface area (Å²) in [6.45, 7) is 4.76. The monoisotopic (exact) mass is 621 g/mol. The van der Waals surface area contributed by atoms with E-state index >= 15 is 4.39 Å². The maximum Gasteiger partial charge on any atom is 0.319 e. The molecule has 2 aliphatic carbocycles. The van der Waals surface area contributed by atoms with Crippen LogP contribution in [-0.4, -0.2) is 71.4 Å². The molecule has 0 bridgehead atoms. The number of terminal acetylenes is 1. The Labute approximate surface area is 265 Å². The largest absolute Gasteiger partial charge is 0.508 e. The number of hydrogen-bond donors (Lipinski definition) is 1. The first-order chi connectivity index (χ1) is 22.4. The minimum atomic E-state index is -0.790. The summed E-state index contributed by atoms with van der Waals surface area (Å²) in [4.78, 5) is 18.5. The molecule has 46 heavy (non-hydrogen) atoms. The second-order valence-electron chi connectivity index (χ2n) is 13.0. The molecule has 2 saturated carbocycles. The number of piperidine rings is 1. The van der Waals surface area contributed by atoms with E-state index in [0.717, 1.165) is 44.3 Å². The number of methoxy groups -OCH3 is 1. The van der Waals surface area contributed by atoms with Gasteiger partial charge in [0.2, 0.25) is 5.88 Å². The molecule has 4 aliphatic rings. The number of ether oxygens (including phenoxy) is 2. The number of halogens is 2. The minimum Gasteiger partial charge on any atom is -0.508 e. The number of phenolic OH excluding ortho intramolecular Hbond substituents is 1. The van der Waals surface area contributed by atoms with Crippen LogP contribution in [0.1, 0.15) is 24.8 Å². The van der Waals surface area contributed by atoms with Gasteiger partial charge >= 0.3 is 6.01 Å². The maximum atomic E-state index is 16.9. The van der Waals surface area contributed by atoms with Crippen LogP contribution in [-0.2, 0) is 0 Å². The van der Waals surface area contributed by atoms with Crippen molar-refractivity contribution in [3.05, 3.63) is 65.8 Å². The summed E-state index contributed by atoms with van der Waals surface area (Å²) in [5.74, 6) is 3.01. The molecule has 8 rings (SSSR count). The van der Waals surface area contributed by atoms with Crippen LogP contribution in [0.3, 0.4) is 0 Å². The number of hydrogen-bond acceptors (Lipinski definition) is 8. The van der Waals surface area contributed by atoms with Crippen molar-refractivity contribution in [2.24, 2.45) is 17.3 Å². The third-order valence-corrected chi connectivity index (χ3v) is 9.77. The molecule has 2 unspecified atom stereocenters. The summed E-state index contributed by atoms with van der Waals surface area (Å²) in [5.41, 5.74) is -0.153. The summed E-state index contributed by atoms with van der Waals surface area (Å²) in [6.07, 6.45) is 17.1. The average molecular weight is 622 g/mol. The molecule has 0 amide bonds. The lowest BCUT2D eigenvalue weighted by atomic mass is 9.95. The van der Waals surface area contributed by atoms with Crippen LogP contribution in [0.25, 0.3) is 32.9 Å². The second kappa shape index (κ2) is 11.0. The lowest BCUT2D eigenvalue weighted by molar-refractivity contribution is 0.163. The van der Waals surface area contributed by atoms with Crippen molar-refractivity contribution in [3.8, 4) is 41.2 Å². The zero-order valence-corrected chi connectivity index (χ0v) is 25.5. The highest BCUT2D eigenvalue weighted by atomic mass is 19.1. The molecule has 4 aromatic rings. The Morgan fingerprint density at radius 2 is 1.80 bits per heavy atom. The predicted octanol–water partition coefficient (Wildman–Crippen LogP) is 5.86. The number of aromatic hydroxyl groups is 1. The Kier molecular flexibility index (Phi) is 6.83. The molecule has 8 nitrogen and oxygen atoms in total. The van der Waals surface area contributed by atoms with E-state index in [-0.39, 0.29) is 56.2 Å². The van der Waals surface area contributed by atoms with Gasteiger partial charge in [0.15, 0.2) is 5.82 Å². The Balaban J connectivity index is 1.26. The van der Waals surface area contributed by atoms with Gasteiger partial charge in [0, 0.05) is 49.1 Å². The average Bonchev–Trinajstić information content (AvgIpc) is 3.97. The Bertz CT molecular complexity index is 1980. The molecule has 1 saturated heterocycles. The standard InChI is InChI=1S/C36H33F2N5O3/c1-3-25-27(37)9-8-21-15-24(44)16-26(28(21)25)31-30(38)32-29(34(39-31)45-2)33(43-12-6-4-5-7-13-43)41-35(40-32)46-20-36(10-11-36)19-42-17-22-14-23(22)18-42/h1,4-9,15-16,22-23,44H,10-14,17-20H2,2H3. The maximum absolute atomic E-state index is 16.9. The van der Waals surface area contributed by atoms with Crippen molar-refractivity contribution in [2.75, 3.05) is 51.3 Å². The normalized spacial score (nSPS) is 21.3. The fraction of sp³-hybridized carbons (Fsp3) is 0.361. The van der Waals surface area contributed by atoms with Crippen molar-refractivity contribution in [2.45, 2.75) is 19.3 Å². The first-order valence-corrected chi connectivity index (χ1v) is 15.7. The molecule has 2 atom stereocenters. The van der Waals surface area contributed by atoms with Gasteiger partial charge in [-0.1, -0.05) is 36.3 Å². The number of pyridine rings is 1. The number of aromatic nitrogens is 3. The van der Waals surface area contributed by atoms with Gasteiger partial charge in [-0.05, 0) is 54.7 Å². The smallest absolute Gasteiger partial charge is 0.319 e. The molecule has 2 aliphatic heterocycles. The second-order valence-corrected chi connectivity index (χ2v) is 13.0. The van der Waals surface area contributed by atoms with Gasteiger partial charge < -0.3 is 24.4 Å². The molecule has 3 fully saturated rings. The summed E-state index contributed by atoms with van der Waals surface area (Å²) in [5, 5.41) is 11.6. The van der Waals surface area contributed by atoms with E-state index in [1.165, 1.54) is 37.8 Å². The van der Waals surface area contributed by atoms with Crippen LogP contribution in [0, 0.1) is 41.2 Å². The lowest BCUT2D eigenvalue weighted by Crippen LogP contribution is -2.33. The van der Waals surface area contributed by atoms with Crippen molar-refractivity contribution in [1.82, 2.24) is 19.9 Å². The highest BCUT2D eigenvalue weighted by Gasteiger charge is 2.50. The fourth-order valence-corrected chi connectivity index (χ4v) is 7.10. The van der Waals surface area contributed by atoms with E-state index in [9.17, 15) is 9.50 Å². The van der Waals surface area contributed by atoms with Gasteiger partial charge in [0.25, 0.3) is 0 Å². The quantitative estimate of drug-likeness (QED) is 0.245. The molecule has 2 aromatic carbocycles. The zero-order chi connectivity index (χ0) is 31.6. The van der Waals surface area contributed by atoms with Gasteiger partial charge in [-0.25, -0.2) is 13.8 Å². The van der Waals surface area contributed by atoms with Crippen LogP contribution < -0.4 is 14.4 Å². The van der Waals surface area contributed by atoms with Crippen molar-refractivity contribution in [3.63, 3.8) is 0 Å². The molecule has 234 valence electrons. The Morgan fingerprint density at radius 3 is 2.50 bits per heavy atom. The minimum absolute atomic E-state index is 0.0408. The summed E-state index contributed by atoms with van der Waals surface area (Å²) >= 11 is 0. The number of fused-ring (bicyclic) bond motifs is 3. The topological polar surface area (TPSA) is 83.8 Å². The van der Waals surface area contributed by atoms with E-state index in [2.05, 4.69) is 20.8 Å². The molecule has 0 spiro atoms. The molecular weight excluding hydrogens is 588 g/mol. The number of likely N-dealkylation sites (tertiary alicyclic amines) is 1. The van der Waals surface area contributed by atoms with Crippen LogP contribution in [0.15, 0.2) is 48.6 Å². The van der Waals surface area contributed by atoms with E-state index in [1.54, 1.807) is 0 Å². The van der Waals surface area contributed by atoms with Crippen molar-refractivity contribution >= 4 is 27.5 Å². The number of anilines is 1. The summed E-state index contributed by atoms with van der Waals surface area (Å²) < 4.78 is 43.9. The Morgan fingerprint density at radius 1 is 1.04 bits per heavy atom. The van der Waals surface area contributed by atoms with Crippen LogP contribution >= 0.6 is 0 Å². The third-order valence-electron chi connectivity index (χ3n) is 9.77. The predicted molar refractivity (Wildman–Crippen MR) is 172 cm³/mol. The Hall–Kier alpha value is -4.75. The SMILES string of the molecule is C#Cc1c(F)ccc2cc(O)cc(-c3nc(OC)c4c(N5CC=CC=CC5)nc(OCC5(CN6CC7CC7C6)CC5)nc4c3F)c12.